The first kappa shape index (κ1) is 37.3. The zero-order valence-electron chi connectivity index (χ0n) is 35.2. The summed E-state index contributed by atoms with van der Waals surface area (Å²) in [7, 11) is 0. The lowest BCUT2D eigenvalue weighted by Gasteiger charge is -2.23. The van der Waals surface area contributed by atoms with E-state index in [1.165, 1.54) is 43.8 Å². The van der Waals surface area contributed by atoms with Crippen molar-refractivity contribution in [2.24, 2.45) is 0 Å². The van der Waals surface area contributed by atoms with Crippen LogP contribution in [-0.2, 0) is 21.7 Å². The third-order valence-electron chi connectivity index (χ3n) is 11.7. The number of hydrogen-bond acceptors (Lipinski definition) is 2. The van der Waals surface area contributed by atoms with E-state index in [4.69, 9.17) is 4.98 Å². The van der Waals surface area contributed by atoms with Crippen molar-refractivity contribution in [3.8, 4) is 28.6 Å². The maximum absolute atomic E-state index is 9.88. The van der Waals surface area contributed by atoms with Crippen molar-refractivity contribution in [2.75, 3.05) is 0 Å². The van der Waals surface area contributed by atoms with Gasteiger partial charge in [0.05, 0.1) is 57.5 Å². The number of rotatable bonds is 3. The van der Waals surface area contributed by atoms with Gasteiger partial charge in [-0.2, -0.15) is 5.26 Å². The van der Waals surface area contributed by atoms with Crippen LogP contribution in [0.3, 0.4) is 0 Å². The fourth-order valence-corrected chi connectivity index (χ4v) is 8.21. The third kappa shape index (κ3) is 6.19. The Hall–Kier alpha value is -5.66. The topological polar surface area (TPSA) is 46.5 Å². The van der Waals surface area contributed by atoms with Crippen LogP contribution in [0.25, 0.3) is 66.1 Å². The second-order valence-corrected chi connectivity index (χ2v) is 19.8. The normalized spacial score (nSPS) is 13.0. The van der Waals surface area contributed by atoms with Gasteiger partial charge in [-0.15, -0.1) is 0 Å². The van der Waals surface area contributed by atoms with Gasteiger partial charge in [0.2, 0.25) is 0 Å². The lowest BCUT2D eigenvalue weighted by atomic mass is 9.86. The molecule has 8 rings (SSSR count). The van der Waals surface area contributed by atoms with E-state index in [1.54, 1.807) is 0 Å². The molecule has 4 heteroatoms. The molecule has 0 atom stereocenters. The molecule has 0 amide bonds. The monoisotopic (exact) mass is 734 g/mol. The van der Waals surface area contributed by atoms with E-state index < -0.39 is 0 Å². The van der Waals surface area contributed by atoms with Gasteiger partial charge in [-0.3, -0.25) is 4.98 Å². The molecule has 0 unspecified atom stereocenters. The molecule has 0 radical (unpaired) electrons. The minimum absolute atomic E-state index is 0.0411. The molecule has 3 heterocycles. The van der Waals surface area contributed by atoms with E-state index in [-0.39, 0.29) is 21.7 Å². The van der Waals surface area contributed by atoms with E-state index in [0.29, 0.717) is 5.56 Å². The molecule has 0 spiro atoms. The molecule has 0 saturated carbocycles. The quantitative estimate of drug-likeness (QED) is 0.181. The average Bonchev–Trinajstić information content (AvgIpc) is 3.64. The van der Waals surface area contributed by atoms with Gasteiger partial charge in [-0.25, -0.2) is 0 Å². The lowest BCUT2D eigenvalue weighted by molar-refractivity contribution is 0.590. The molecule has 4 nitrogen and oxygen atoms in total. The molecule has 0 bridgehead atoms. The number of benzene rings is 5. The Kier molecular flexibility index (Phi) is 8.44. The Bertz CT molecular complexity index is 2570. The van der Waals surface area contributed by atoms with Crippen LogP contribution in [0.5, 0.6) is 0 Å². The molecule has 0 aliphatic rings. The molecule has 5 aromatic carbocycles. The summed E-state index contributed by atoms with van der Waals surface area (Å²) in [6, 6.07) is 38.3. The summed E-state index contributed by atoms with van der Waals surface area (Å²) in [6.45, 7) is 27.4. The van der Waals surface area contributed by atoms with Crippen molar-refractivity contribution in [3.63, 3.8) is 0 Å². The van der Waals surface area contributed by atoms with Gasteiger partial charge in [0.1, 0.15) is 0 Å². The first-order chi connectivity index (χ1) is 26.3. The molecule has 56 heavy (non-hydrogen) atoms. The molecular formula is C52H54N4. The van der Waals surface area contributed by atoms with Crippen LogP contribution in [0.1, 0.15) is 111 Å². The molecule has 8 aromatic rings. The van der Waals surface area contributed by atoms with E-state index in [0.717, 1.165) is 44.6 Å². The van der Waals surface area contributed by atoms with Gasteiger partial charge < -0.3 is 9.13 Å². The van der Waals surface area contributed by atoms with Crippen molar-refractivity contribution in [1.29, 1.82) is 5.26 Å². The fraction of sp³-hybridized carbons (Fsp3) is 0.308. The summed E-state index contributed by atoms with van der Waals surface area (Å²) in [4.78, 5) is 5.13. The number of nitriles is 1. The van der Waals surface area contributed by atoms with Crippen molar-refractivity contribution in [3.05, 3.63) is 137 Å². The summed E-state index contributed by atoms with van der Waals surface area (Å²) >= 11 is 0. The first-order valence-electron chi connectivity index (χ1n) is 19.9. The predicted molar refractivity (Wildman–Crippen MR) is 238 cm³/mol. The van der Waals surface area contributed by atoms with Gasteiger partial charge in [0.25, 0.3) is 0 Å². The molecule has 0 saturated heterocycles. The second-order valence-electron chi connectivity index (χ2n) is 19.8. The highest BCUT2D eigenvalue weighted by Crippen LogP contribution is 2.44. The second kappa shape index (κ2) is 12.7. The molecular weight excluding hydrogens is 681 g/mol. The zero-order chi connectivity index (χ0) is 40.1. The minimum atomic E-state index is -0.0411. The summed E-state index contributed by atoms with van der Waals surface area (Å²) in [5.41, 5.74) is 14.3. The van der Waals surface area contributed by atoms with Gasteiger partial charge >= 0.3 is 0 Å². The van der Waals surface area contributed by atoms with Crippen molar-refractivity contribution < 1.29 is 0 Å². The maximum Gasteiger partial charge on any atom is 0.0991 e. The Morgan fingerprint density at radius 2 is 0.732 bits per heavy atom. The minimum Gasteiger partial charge on any atom is -0.307 e. The highest BCUT2D eigenvalue weighted by molar-refractivity contribution is 6.12. The van der Waals surface area contributed by atoms with E-state index in [2.05, 4.69) is 183 Å². The summed E-state index contributed by atoms with van der Waals surface area (Å²) in [6.07, 6.45) is 4.08. The average molecular weight is 735 g/mol. The van der Waals surface area contributed by atoms with Gasteiger partial charge in [0, 0.05) is 27.1 Å². The SMILES string of the molecule is CC(C)(C)c1ccc2c3ccc(C(C)(C)C)cc3n(-c3cncc(-n4c5cc(C(C)(C)C)ccc5c5ccc(C(C)(C)C)cc54)c3-c3ccc(C#N)cc3)c2c1. The first-order valence-corrected chi connectivity index (χ1v) is 19.9. The van der Waals surface area contributed by atoms with Crippen molar-refractivity contribution in [1.82, 2.24) is 14.1 Å². The molecule has 282 valence electrons. The third-order valence-corrected chi connectivity index (χ3v) is 11.7. The molecule has 3 aromatic heterocycles. The summed E-state index contributed by atoms with van der Waals surface area (Å²) in [5.74, 6) is 0. The Morgan fingerprint density at radius 3 is 1.00 bits per heavy atom. The van der Waals surface area contributed by atoms with Crippen LogP contribution in [0.15, 0.2) is 109 Å². The van der Waals surface area contributed by atoms with Crippen LogP contribution in [0, 0.1) is 11.3 Å². The molecule has 0 fully saturated rings. The lowest BCUT2D eigenvalue weighted by Crippen LogP contribution is -2.12. The summed E-state index contributed by atoms with van der Waals surface area (Å²) in [5, 5.41) is 14.7. The van der Waals surface area contributed by atoms with Crippen molar-refractivity contribution in [2.45, 2.75) is 105 Å². The number of nitrogens with zero attached hydrogens (tertiary/aromatic N) is 4. The largest absolute Gasteiger partial charge is 0.307 e. The fourth-order valence-electron chi connectivity index (χ4n) is 8.21. The molecule has 0 aliphatic heterocycles. The maximum atomic E-state index is 9.88. The predicted octanol–water partition coefficient (Wildman–Crippen LogP) is 14.0. The van der Waals surface area contributed by atoms with E-state index >= 15 is 0 Å². The van der Waals surface area contributed by atoms with E-state index in [1.807, 2.05) is 24.5 Å². The van der Waals surface area contributed by atoms with Gasteiger partial charge in [-0.05, 0) is 85.9 Å². The number of fused-ring (bicyclic) bond motifs is 6. The zero-order valence-corrected chi connectivity index (χ0v) is 35.2. The van der Waals surface area contributed by atoms with Crippen LogP contribution in [0.2, 0.25) is 0 Å². The smallest absolute Gasteiger partial charge is 0.0991 e. The van der Waals surface area contributed by atoms with Gasteiger partial charge in [0.15, 0.2) is 0 Å². The molecule has 0 aliphatic carbocycles. The highest BCUT2D eigenvalue weighted by Gasteiger charge is 2.27. The van der Waals surface area contributed by atoms with Crippen molar-refractivity contribution >= 4 is 43.6 Å². The van der Waals surface area contributed by atoms with Crippen LogP contribution in [-0.4, -0.2) is 14.1 Å². The van der Waals surface area contributed by atoms with Gasteiger partial charge in [-0.1, -0.05) is 144 Å². The number of aromatic nitrogens is 3. The van der Waals surface area contributed by atoms with Crippen LogP contribution >= 0.6 is 0 Å². The highest BCUT2D eigenvalue weighted by atomic mass is 15.0. The van der Waals surface area contributed by atoms with Crippen LogP contribution in [0.4, 0.5) is 0 Å². The van der Waals surface area contributed by atoms with Crippen LogP contribution < -0.4 is 0 Å². The summed E-state index contributed by atoms with van der Waals surface area (Å²) < 4.78 is 4.91. The number of hydrogen-bond donors (Lipinski definition) is 0. The molecule has 0 N–H and O–H groups in total. The Morgan fingerprint density at radius 1 is 0.429 bits per heavy atom. The standard InChI is InChI=1S/C52H54N4/c1-49(2,3)34-17-21-38-39-22-18-35(50(4,5)6)26-43(39)55(42(38)25-34)46-30-54-31-47(48(46)33-15-13-32(29-53)14-16-33)56-44-27-36(51(7,8)9)19-23-40(44)41-24-20-37(28-45(41)56)52(10,11)12/h13-28,30-31H,1-12H3. The van der Waals surface area contributed by atoms with E-state index in [9.17, 15) is 5.26 Å². The number of pyridine rings is 1. The Labute approximate surface area is 332 Å². The Balaban J connectivity index is 1.58.